The number of benzene rings is 1. The number of halogens is 2. The zero-order valence-corrected chi connectivity index (χ0v) is 13.8. The van der Waals surface area contributed by atoms with Crippen molar-refractivity contribution in [2.45, 2.75) is 32.5 Å². The van der Waals surface area contributed by atoms with Crippen molar-refractivity contribution in [2.24, 2.45) is 0 Å². The van der Waals surface area contributed by atoms with Crippen LogP contribution in [0.25, 0.3) is 0 Å². The summed E-state index contributed by atoms with van der Waals surface area (Å²) in [5, 5.41) is 2.68. The average molecular weight is 344 g/mol. The van der Waals surface area contributed by atoms with E-state index >= 15 is 0 Å². The average Bonchev–Trinajstić information content (AvgIpc) is 3.05. The molecule has 1 aliphatic heterocycles. The standard InChI is InChI=1S/C16H22F2N2O4/c1-3-20(10-12-5-4-8-23-12)16(21)19-11-6-7-13(22-2)14(9-11)24-15(17)18/h6-7,9,12,15H,3-5,8,10H2,1-2H3,(H,19,21). The Labute approximate surface area is 139 Å². The molecule has 2 amide bonds. The maximum Gasteiger partial charge on any atom is 0.387 e. The highest BCUT2D eigenvalue weighted by Crippen LogP contribution is 2.31. The molecule has 1 aromatic rings. The Morgan fingerprint density at radius 2 is 2.25 bits per heavy atom. The van der Waals surface area contributed by atoms with Gasteiger partial charge in [-0.25, -0.2) is 4.79 Å². The molecule has 1 N–H and O–H groups in total. The predicted molar refractivity (Wildman–Crippen MR) is 84.9 cm³/mol. The minimum absolute atomic E-state index is 0.0456. The molecule has 8 heteroatoms. The second kappa shape index (κ2) is 8.68. The van der Waals surface area contributed by atoms with Crippen molar-refractivity contribution >= 4 is 11.7 Å². The van der Waals surface area contributed by atoms with Gasteiger partial charge in [-0.1, -0.05) is 0 Å². The van der Waals surface area contributed by atoms with Crippen LogP contribution in [0.1, 0.15) is 19.8 Å². The van der Waals surface area contributed by atoms with Crippen molar-refractivity contribution in [1.82, 2.24) is 4.90 Å². The van der Waals surface area contributed by atoms with Gasteiger partial charge in [0.2, 0.25) is 0 Å². The Balaban J connectivity index is 2.03. The summed E-state index contributed by atoms with van der Waals surface area (Å²) >= 11 is 0. The highest BCUT2D eigenvalue weighted by atomic mass is 19.3. The van der Waals surface area contributed by atoms with E-state index in [0.717, 1.165) is 19.4 Å². The Bertz CT molecular complexity index is 551. The number of alkyl halides is 2. The molecule has 1 saturated heterocycles. The predicted octanol–water partition coefficient (Wildman–Crippen LogP) is 3.33. The molecule has 0 bridgehead atoms. The summed E-state index contributed by atoms with van der Waals surface area (Å²) in [6.45, 7) is 0.627. The van der Waals surface area contributed by atoms with Crippen molar-refractivity contribution in [2.75, 3.05) is 32.1 Å². The van der Waals surface area contributed by atoms with Crippen LogP contribution < -0.4 is 14.8 Å². The maximum absolute atomic E-state index is 12.5. The summed E-state index contributed by atoms with van der Waals surface area (Å²) in [4.78, 5) is 14.0. The number of likely N-dealkylation sites (N-methyl/N-ethyl adjacent to an activating group) is 1. The Morgan fingerprint density at radius 1 is 1.46 bits per heavy atom. The van der Waals surface area contributed by atoms with Gasteiger partial charge < -0.3 is 24.4 Å². The van der Waals surface area contributed by atoms with E-state index in [-0.39, 0.29) is 23.6 Å². The van der Waals surface area contributed by atoms with E-state index in [1.54, 1.807) is 11.0 Å². The van der Waals surface area contributed by atoms with E-state index in [4.69, 9.17) is 9.47 Å². The fraction of sp³-hybridized carbons (Fsp3) is 0.562. The number of urea groups is 1. The number of carbonyl (C=O) groups excluding carboxylic acids is 1. The van der Waals surface area contributed by atoms with Gasteiger partial charge >= 0.3 is 12.6 Å². The normalized spacial score (nSPS) is 17.0. The first-order valence-electron chi connectivity index (χ1n) is 7.83. The van der Waals surface area contributed by atoms with Crippen LogP contribution in [0.3, 0.4) is 0 Å². The number of hydrogen-bond donors (Lipinski definition) is 1. The monoisotopic (exact) mass is 344 g/mol. The highest BCUT2D eigenvalue weighted by Gasteiger charge is 2.22. The third-order valence-electron chi connectivity index (χ3n) is 3.75. The van der Waals surface area contributed by atoms with Crippen molar-refractivity contribution < 1.29 is 27.8 Å². The minimum atomic E-state index is -2.98. The second-order valence-electron chi connectivity index (χ2n) is 5.35. The molecular weight excluding hydrogens is 322 g/mol. The maximum atomic E-state index is 12.5. The van der Waals surface area contributed by atoms with Crippen molar-refractivity contribution in [3.8, 4) is 11.5 Å². The summed E-state index contributed by atoms with van der Waals surface area (Å²) in [6, 6.07) is 4.02. The molecule has 1 heterocycles. The summed E-state index contributed by atoms with van der Waals surface area (Å²) in [6.07, 6.45) is 1.97. The summed E-state index contributed by atoms with van der Waals surface area (Å²) in [5.41, 5.74) is 0.349. The van der Waals surface area contributed by atoms with Crippen LogP contribution in [0.4, 0.5) is 19.3 Å². The molecule has 1 atom stereocenters. The molecule has 2 rings (SSSR count). The van der Waals surface area contributed by atoms with Crippen LogP contribution in [0, 0.1) is 0 Å². The number of amides is 2. The number of rotatable bonds is 7. The van der Waals surface area contributed by atoms with E-state index in [1.807, 2.05) is 6.92 Å². The minimum Gasteiger partial charge on any atom is -0.493 e. The van der Waals surface area contributed by atoms with Gasteiger partial charge in [0.15, 0.2) is 11.5 Å². The van der Waals surface area contributed by atoms with Crippen LogP contribution in [0.5, 0.6) is 11.5 Å². The Kier molecular flexibility index (Phi) is 6.60. The fourth-order valence-electron chi connectivity index (χ4n) is 2.53. The van der Waals surface area contributed by atoms with E-state index in [2.05, 4.69) is 10.1 Å². The van der Waals surface area contributed by atoms with Gasteiger partial charge in [0.05, 0.1) is 13.2 Å². The molecule has 0 saturated carbocycles. The van der Waals surface area contributed by atoms with E-state index in [1.165, 1.54) is 19.2 Å². The van der Waals surface area contributed by atoms with Crippen LogP contribution in [0.2, 0.25) is 0 Å². The Hall–Kier alpha value is -2.09. The fourth-order valence-corrected chi connectivity index (χ4v) is 2.53. The smallest absolute Gasteiger partial charge is 0.387 e. The van der Waals surface area contributed by atoms with Crippen LogP contribution >= 0.6 is 0 Å². The van der Waals surface area contributed by atoms with Gasteiger partial charge in [-0.05, 0) is 31.9 Å². The molecule has 24 heavy (non-hydrogen) atoms. The third-order valence-corrected chi connectivity index (χ3v) is 3.75. The number of nitrogens with zero attached hydrogens (tertiary/aromatic N) is 1. The molecule has 1 fully saturated rings. The SMILES string of the molecule is CCN(CC1CCCO1)C(=O)Nc1ccc(OC)c(OC(F)F)c1. The van der Waals surface area contributed by atoms with E-state index in [9.17, 15) is 13.6 Å². The number of nitrogens with one attached hydrogen (secondary N) is 1. The van der Waals surface area contributed by atoms with E-state index in [0.29, 0.717) is 18.8 Å². The van der Waals surface area contributed by atoms with Gasteiger partial charge in [0.25, 0.3) is 0 Å². The van der Waals surface area contributed by atoms with Crippen molar-refractivity contribution in [3.05, 3.63) is 18.2 Å². The number of ether oxygens (including phenoxy) is 3. The molecule has 6 nitrogen and oxygen atoms in total. The molecule has 134 valence electrons. The first-order chi connectivity index (χ1) is 11.5. The first-order valence-corrected chi connectivity index (χ1v) is 7.83. The van der Waals surface area contributed by atoms with E-state index < -0.39 is 6.61 Å². The largest absolute Gasteiger partial charge is 0.493 e. The number of carbonyl (C=O) groups is 1. The van der Waals surface area contributed by atoms with Crippen molar-refractivity contribution in [1.29, 1.82) is 0 Å². The molecule has 0 spiro atoms. The quantitative estimate of drug-likeness (QED) is 0.824. The summed E-state index contributed by atoms with van der Waals surface area (Å²) in [7, 11) is 1.35. The second-order valence-corrected chi connectivity index (χ2v) is 5.35. The molecule has 0 aliphatic carbocycles. The molecule has 0 radical (unpaired) electrons. The lowest BCUT2D eigenvalue weighted by Crippen LogP contribution is -2.39. The lowest BCUT2D eigenvalue weighted by atomic mass is 10.2. The molecule has 1 unspecified atom stereocenters. The zero-order valence-electron chi connectivity index (χ0n) is 13.8. The zero-order chi connectivity index (χ0) is 17.5. The van der Waals surface area contributed by atoms with Crippen LogP contribution in [-0.4, -0.2) is 50.5 Å². The summed E-state index contributed by atoms with van der Waals surface area (Å²) < 4.78 is 39.8. The molecule has 0 aromatic heterocycles. The number of anilines is 1. The lowest BCUT2D eigenvalue weighted by molar-refractivity contribution is -0.0511. The first kappa shape index (κ1) is 18.3. The van der Waals surface area contributed by atoms with Crippen LogP contribution in [0.15, 0.2) is 18.2 Å². The topological polar surface area (TPSA) is 60.0 Å². The Morgan fingerprint density at radius 3 is 2.83 bits per heavy atom. The van der Waals surface area contributed by atoms with Gasteiger partial charge in [0, 0.05) is 31.5 Å². The van der Waals surface area contributed by atoms with Gasteiger partial charge in [-0.2, -0.15) is 8.78 Å². The molecule has 1 aliphatic rings. The lowest BCUT2D eigenvalue weighted by Gasteiger charge is -2.24. The van der Waals surface area contributed by atoms with Gasteiger partial charge in [-0.3, -0.25) is 0 Å². The van der Waals surface area contributed by atoms with Gasteiger partial charge in [0.1, 0.15) is 0 Å². The number of hydrogen-bond acceptors (Lipinski definition) is 4. The van der Waals surface area contributed by atoms with Crippen LogP contribution in [-0.2, 0) is 4.74 Å². The third kappa shape index (κ3) is 4.95. The molecule has 1 aromatic carbocycles. The molecular formula is C16H22F2N2O4. The highest BCUT2D eigenvalue weighted by molar-refractivity contribution is 5.89. The summed E-state index contributed by atoms with van der Waals surface area (Å²) in [5.74, 6) is 0.0347. The van der Waals surface area contributed by atoms with Gasteiger partial charge in [-0.15, -0.1) is 0 Å². The van der Waals surface area contributed by atoms with Crippen molar-refractivity contribution in [3.63, 3.8) is 0 Å². The number of methoxy groups -OCH3 is 1.